The summed E-state index contributed by atoms with van der Waals surface area (Å²) in [6.07, 6.45) is 1.93. The normalized spacial score (nSPS) is 12.6. The van der Waals surface area contributed by atoms with Crippen LogP contribution in [0.3, 0.4) is 0 Å². The monoisotopic (exact) mass is 533 g/mol. The summed E-state index contributed by atoms with van der Waals surface area (Å²) in [6, 6.07) is 22.9. The Hall–Kier alpha value is -4.46. The highest BCUT2D eigenvalue weighted by Gasteiger charge is 2.25. The van der Waals surface area contributed by atoms with Gasteiger partial charge in [0.05, 0.1) is 12.3 Å². The molecule has 1 aliphatic rings. The Morgan fingerprint density at radius 2 is 1.33 bits per heavy atom. The van der Waals surface area contributed by atoms with Crippen LogP contribution in [0.1, 0.15) is 34.3 Å². The average molecular weight is 534 g/mol. The molecule has 0 heterocycles. The summed E-state index contributed by atoms with van der Waals surface area (Å²) in [5.41, 5.74) is 1.31. The molecule has 1 amide bonds. The van der Waals surface area contributed by atoms with Crippen LogP contribution < -0.4 is 19.5 Å². The number of amides is 1. The third-order valence-electron chi connectivity index (χ3n) is 6.19. The fraction of sp³-hybridized carbons (Fsp3) is 0.194. The maximum atomic E-state index is 15.6. The molecule has 4 aromatic carbocycles. The first-order valence-electron chi connectivity index (χ1n) is 12.6. The zero-order chi connectivity index (χ0) is 27.2. The highest BCUT2D eigenvalue weighted by molar-refractivity contribution is 6.05. The highest BCUT2D eigenvalue weighted by Crippen LogP contribution is 2.36. The van der Waals surface area contributed by atoms with E-state index < -0.39 is 29.1 Å². The number of halogens is 3. The van der Waals surface area contributed by atoms with Crippen LogP contribution in [0.5, 0.6) is 17.2 Å². The smallest absolute Gasteiger partial charge is 0.255 e. The molecule has 5 rings (SSSR count). The van der Waals surface area contributed by atoms with Crippen LogP contribution >= 0.6 is 0 Å². The van der Waals surface area contributed by atoms with Crippen LogP contribution in [0.2, 0.25) is 0 Å². The largest absolute Gasteiger partial charge is 0.487 e. The van der Waals surface area contributed by atoms with Crippen molar-refractivity contribution < 1.29 is 32.2 Å². The summed E-state index contributed by atoms with van der Waals surface area (Å²) in [4.78, 5) is 12.9. The lowest BCUT2D eigenvalue weighted by Gasteiger charge is -2.17. The van der Waals surface area contributed by atoms with Crippen molar-refractivity contribution in [3.05, 3.63) is 119 Å². The van der Waals surface area contributed by atoms with Gasteiger partial charge < -0.3 is 19.5 Å². The number of benzene rings is 4. The van der Waals surface area contributed by atoms with E-state index in [2.05, 4.69) is 5.32 Å². The quantitative estimate of drug-likeness (QED) is 0.220. The van der Waals surface area contributed by atoms with Gasteiger partial charge in [-0.2, -0.15) is 4.39 Å². The van der Waals surface area contributed by atoms with Gasteiger partial charge in [-0.15, -0.1) is 0 Å². The van der Waals surface area contributed by atoms with E-state index in [1.807, 2.05) is 60.7 Å². The standard InChI is InChI=1S/C31H26F3NO4/c32-24-15-23(16-25(33)29(24)38-19-22-11-12-22)31(36)35-26-13-14-27(37-17-20-7-3-1-4-8-20)28(34)30(26)39-18-21-9-5-2-6-10-21/h1-10,13-16,22H,11-12,17-19H2,(H,35,36). The summed E-state index contributed by atoms with van der Waals surface area (Å²) in [5.74, 6) is -4.19. The lowest BCUT2D eigenvalue weighted by Crippen LogP contribution is -2.15. The van der Waals surface area contributed by atoms with Crippen molar-refractivity contribution in [1.82, 2.24) is 0 Å². The van der Waals surface area contributed by atoms with Gasteiger partial charge in [-0.1, -0.05) is 60.7 Å². The lowest BCUT2D eigenvalue weighted by molar-refractivity contribution is 0.102. The van der Waals surface area contributed by atoms with E-state index >= 15 is 4.39 Å². The molecule has 1 N–H and O–H groups in total. The molecule has 4 aromatic rings. The Kier molecular flexibility index (Phi) is 8.01. The van der Waals surface area contributed by atoms with Crippen LogP contribution in [0.15, 0.2) is 84.9 Å². The molecule has 8 heteroatoms. The predicted molar refractivity (Wildman–Crippen MR) is 140 cm³/mol. The first-order chi connectivity index (χ1) is 19.0. The number of anilines is 1. The van der Waals surface area contributed by atoms with Crippen molar-refractivity contribution in [2.24, 2.45) is 5.92 Å². The molecule has 0 aromatic heterocycles. The maximum Gasteiger partial charge on any atom is 0.255 e. The van der Waals surface area contributed by atoms with Crippen LogP contribution in [-0.2, 0) is 13.2 Å². The third kappa shape index (κ3) is 6.71. The number of rotatable bonds is 11. The third-order valence-corrected chi connectivity index (χ3v) is 6.19. The van der Waals surface area contributed by atoms with Gasteiger partial charge in [0, 0.05) is 5.56 Å². The van der Waals surface area contributed by atoms with Crippen molar-refractivity contribution >= 4 is 11.6 Å². The summed E-state index contributed by atoms with van der Waals surface area (Å²) in [7, 11) is 0. The number of carbonyl (C=O) groups excluding carboxylic acids is 1. The van der Waals surface area contributed by atoms with Crippen molar-refractivity contribution in [2.45, 2.75) is 26.1 Å². The molecular weight excluding hydrogens is 507 g/mol. The molecule has 200 valence electrons. The number of carbonyl (C=O) groups is 1. The lowest BCUT2D eigenvalue weighted by atomic mass is 10.1. The van der Waals surface area contributed by atoms with Gasteiger partial charge in [0.1, 0.15) is 13.2 Å². The van der Waals surface area contributed by atoms with Crippen molar-refractivity contribution in [1.29, 1.82) is 0 Å². The first-order valence-corrected chi connectivity index (χ1v) is 12.6. The van der Waals surface area contributed by atoms with E-state index in [1.54, 1.807) is 0 Å². The van der Waals surface area contributed by atoms with Crippen LogP contribution in [0.25, 0.3) is 0 Å². The van der Waals surface area contributed by atoms with Crippen molar-refractivity contribution in [3.8, 4) is 17.2 Å². The summed E-state index contributed by atoms with van der Waals surface area (Å²) < 4.78 is 61.4. The maximum absolute atomic E-state index is 15.6. The minimum Gasteiger partial charge on any atom is -0.487 e. The minimum atomic E-state index is -0.989. The van der Waals surface area contributed by atoms with Gasteiger partial charge in [-0.05, 0) is 54.2 Å². The van der Waals surface area contributed by atoms with Gasteiger partial charge >= 0.3 is 0 Å². The fourth-order valence-corrected chi connectivity index (χ4v) is 3.86. The van der Waals surface area contributed by atoms with E-state index in [4.69, 9.17) is 14.2 Å². The first kappa shape index (κ1) is 26.2. The molecule has 1 aliphatic carbocycles. The zero-order valence-corrected chi connectivity index (χ0v) is 21.0. The molecule has 0 atom stereocenters. The van der Waals surface area contributed by atoms with Crippen molar-refractivity contribution in [2.75, 3.05) is 11.9 Å². The molecule has 1 saturated carbocycles. The summed E-state index contributed by atoms with van der Waals surface area (Å²) in [5, 5.41) is 2.51. The van der Waals surface area contributed by atoms with Gasteiger partial charge in [-0.25, -0.2) is 8.78 Å². The predicted octanol–water partition coefficient (Wildman–Crippen LogP) is 7.30. The fourth-order valence-electron chi connectivity index (χ4n) is 3.86. The number of ether oxygens (including phenoxy) is 3. The molecule has 0 bridgehead atoms. The van der Waals surface area contributed by atoms with Gasteiger partial charge in [0.2, 0.25) is 5.82 Å². The highest BCUT2D eigenvalue weighted by atomic mass is 19.1. The van der Waals surface area contributed by atoms with E-state index in [-0.39, 0.29) is 42.6 Å². The van der Waals surface area contributed by atoms with Crippen LogP contribution in [0.4, 0.5) is 18.9 Å². The Morgan fingerprint density at radius 1 is 0.744 bits per heavy atom. The number of hydrogen-bond donors (Lipinski definition) is 1. The molecule has 0 spiro atoms. The average Bonchev–Trinajstić information content (AvgIpc) is 3.77. The Balaban J connectivity index is 1.37. The minimum absolute atomic E-state index is 0.0130. The second-order valence-corrected chi connectivity index (χ2v) is 9.28. The Bertz CT molecular complexity index is 1420. The number of nitrogens with one attached hydrogen (secondary N) is 1. The van der Waals surface area contributed by atoms with Crippen molar-refractivity contribution in [3.63, 3.8) is 0 Å². The molecular formula is C31H26F3NO4. The SMILES string of the molecule is O=C(Nc1ccc(OCc2ccccc2)c(F)c1OCc1ccccc1)c1cc(F)c(OCC2CC2)c(F)c1. The van der Waals surface area contributed by atoms with E-state index in [0.29, 0.717) is 5.92 Å². The van der Waals surface area contributed by atoms with E-state index in [0.717, 1.165) is 36.1 Å². The van der Waals surface area contributed by atoms with Gasteiger partial charge in [0.25, 0.3) is 5.91 Å². The Labute approximate surface area is 224 Å². The molecule has 0 unspecified atom stereocenters. The topological polar surface area (TPSA) is 56.8 Å². The zero-order valence-electron chi connectivity index (χ0n) is 21.0. The van der Waals surface area contributed by atoms with E-state index in [9.17, 15) is 13.6 Å². The van der Waals surface area contributed by atoms with Crippen LogP contribution in [-0.4, -0.2) is 12.5 Å². The molecule has 1 fully saturated rings. The van der Waals surface area contributed by atoms with E-state index in [1.165, 1.54) is 12.1 Å². The van der Waals surface area contributed by atoms with Gasteiger partial charge in [-0.3, -0.25) is 4.79 Å². The Morgan fingerprint density at radius 3 is 1.92 bits per heavy atom. The molecule has 0 radical (unpaired) electrons. The molecule has 0 aliphatic heterocycles. The summed E-state index contributed by atoms with van der Waals surface area (Å²) in [6.45, 7) is 0.355. The number of hydrogen-bond acceptors (Lipinski definition) is 4. The summed E-state index contributed by atoms with van der Waals surface area (Å²) >= 11 is 0. The molecule has 5 nitrogen and oxygen atoms in total. The van der Waals surface area contributed by atoms with Gasteiger partial charge in [0.15, 0.2) is 28.9 Å². The second-order valence-electron chi connectivity index (χ2n) is 9.28. The molecule has 0 saturated heterocycles. The second kappa shape index (κ2) is 11.9. The van der Waals surface area contributed by atoms with Crippen LogP contribution in [0, 0.1) is 23.4 Å². The molecule has 39 heavy (non-hydrogen) atoms.